The van der Waals surface area contributed by atoms with E-state index in [1.54, 1.807) is 0 Å². The Morgan fingerprint density at radius 3 is 2.25 bits per heavy atom. The van der Waals surface area contributed by atoms with Crippen LogP contribution in [-0.2, 0) is 0 Å². The molecule has 12 heavy (non-hydrogen) atoms. The molecule has 0 N–H and O–H groups in total. The van der Waals surface area contributed by atoms with Gasteiger partial charge in [0.2, 0.25) is 0 Å². The lowest BCUT2D eigenvalue weighted by molar-refractivity contribution is 0.441. The molecule has 70 valence electrons. The molecule has 0 bridgehead atoms. The normalized spacial score (nSPS) is 12.1. The van der Waals surface area contributed by atoms with Gasteiger partial charge in [0.15, 0.2) is 0 Å². The Labute approximate surface area is 77.4 Å². The monoisotopic (exact) mass is 166 g/mol. The number of rotatable bonds is 4. The van der Waals surface area contributed by atoms with Gasteiger partial charge in [0.1, 0.15) is 0 Å². The smallest absolute Gasteiger partial charge is 0.0172 e. The van der Waals surface area contributed by atoms with E-state index in [4.69, 9.17) is 0 Å². The van der Waals surface area contributed by atoms with Gasteiger partial charge in [0.05, 0.1) is 0 Å². The number of hydrogen-bond acceptors (Lipinski definition) is 0. The van der Waals surface area contributed by atoms with E-state index in [9.17, 15) is 0 Å². The second kappa shape index (κ2) is 5.18. The van der Waals surface area contributed by atoms with Gasteiger partial charge in [-0.1, -0.05) is 37.6 Å². The van der Waals surface area contributed by atoms with Crippen LogP contribution in [0.2, 0.25) is 0 Å². The van der Waals surface area contributed by atoms with Gasteiger partial charge in [0, 0.05) is 0 Å². The molecule has 0 aromatic heterocycles. The summed E-state index contributed by atoms with van der Waals surface area (Å²) in [6, 6.07) is 0. The van der Waals surface area contributed by atoms with Crippen molar-refractivity contribution in [1.29, 1.82) is 0 Å². The SMILES string of the molecule is C/C=C\C(C)(C)CCC=C(C)C. The van der Waals surface area contributed by atoms with E-state index in [1.807, 2.05) is 0 Å². The van der Waals surface area contributed by atoms with Crippen LogP contribution in [0.5, 0.6) is 0 Å². The fraction of sp³-hybridized carbons (Fsp3) is 0.667. The molecular formula is C12H22. The summed E-state index contributed by atoms with van der Waals surface area (Å²) in [7, 11) is 0. The summed E-state index contributed by atoms with van der Waals surface area (Å²) in [6.07, 6.45) is 9.17. The zero-order valence-corrected chi connectivity index (χ0v) is 9.15. The van der Waals surface area contributed by atoms with Crippen molar-refractivity contribution in [3.63, 3.8) is 0 Å². The van der Waals surface area contributed by atoms with Gasteiger partial charge in [-0.2, -0.15) is 0 Å². The highest BCUT2D eigenvalue weighted by atomic mass is 14.2. The summed E-state index contributed by atoms with van der Waals surface area (Å²) in [5.74, 6) is 0. The highest BCUT2D eigenvalue weighted by Gasteiger charge is 2.11. The molecule has 0 aliphatic heterocycles. The van der Waals surface area contributed by atoms with Gasteiger partial charge in [-0.15, -0.1) is 0 Å². The Hall–Kier alpha value is -0.520. The molecule has 0 spiro atoms. The predicted octanol–water partition coefficient (Wildman–Crippen LogP) is 4.34. The van der Waals surface area contributed by atoms with Crippen LogP contribution in [0, 0.1) is 5.41 Å². The van der Waals surface area contributed by atoms with Crippen molar-refractivity contribution in [2.24, 2.45) is 5.41 Å². The molecule has 0 rings (SSSR count). The number of hydrogen-bond donors (Lipinski definition) is 0. The second-order valence-corrected chi connectivity index (χ2v) is 4.31. The zero-order valence-electron chi connectivity index (χ0n) is 9.15. The minimum atomic E-state index is 0.362. The van der Waals surface area contributed by atoms with Crippen LogP contribution in [0.1, 0.15) is 47.5 Å². The van der Waals surface area contributed by atoms with Crippen LogP contribution in [-0.4, -0.2) is 0 Å². The lowest BCUT2D eigenvalue weighted by atomic mass is 9.87. The molecule has 0 amide bonds. The first-order chi connectivity index (χ1) is 5.48. The predicted molar refractivity (Wildman–Crippen MR) is 57.3 cm³/mol. The number of allylic oxidation sites excluding steroid dienone is 4. The molecule has 0 aromatic carbocycles. The highest BCUT2D eigenvalue weighted by molar-refractivity contribution is 4.97. The second-order valence-electron chi connectivity index (χ2n) is 4.31. The zero-order chi connectivity index (χ0) is 9.61. The molecule has 0 saturated carbocycles. The van der Waals surface area contributed by atoms with Crippen LogP contribution >= 0.6 is 0 Å². The molecule has 0 radical (unpaired) electrons. The van der Waals surface area contributed by atoms with Crippen LogP contribution in [0.25, 0.3) is 0 Å². The minimum Gasteiger partial charge on any atom is -0.0911 e. The largest absolute Gasteiger partial charge is 0.0911 e. The molecule has 0 saturated heterocycles. The fourth-order valence-corrected chi connectivity index (χ4v) is 1.27. The topological polar surface area (TPSA) is 0 Å². The third kappa shape index (κ3) is 6.21. The third-order valence-electron chi connectivity index (χ3n) is 1.96. The Bertz CT molecular complexity index is 166. The van der Waals surface area contributed by atoms with Gasteiger partial charge in [-0.05, 0) is 39.0 Å². The molecule has 0 atom stereocenters. The Morgan fingerprint density at radius 2 is 1.83 bits per heavy atom. The van der Waals surface area contributed by atoms with Gasteiger partial charge in [-0.3, -0.25) is 0 Å². The summed E-state index contributed by atoms with van der Waals surface area (Å²) in [5, 5.41) is 0. The van der Waals surface area contributed by atoms with E-state index in [0.29, 0.717) is 5.41 Å². The molecule has 0 aliphatic rings. The van der Waals surface area contributed by atoms with Crippen molar-refractivity contribution in [2.45, 2.75) is 47.5 Å². The van der Waals surface area contributed by atoms with E-state index in [2.05, 4.69) is 52.8 Å². The van der Waals surface area contributed by atoms with Crippen molar-refractivity contribution >= 4 is 0 Å². The quantitative estimate of drug-likeness (QED) is 0.545. The molecular weight excluding hydrogens is 144 g/mol. The molecule has 0 aliphatic carbocycles. The van der Waals surface area contributed by atoms with E-state index in [0.717, 1.165) is 0 Å². The first kappa shape index (κ1) is 11.5. The van der Waals surface area contributed by atoms with Crippen molar-refractivity contribution < 1.29 is 0 Å². The van der Waals surface area contributed by atoms with Crippen LogP contribution in [0.4, 0.5) is 0 Å². The Kier molecular flexibility index (Phi) is 4.96. The van der Waals surface area contributed by atoms with Gasteiger partial charge in [0.25, 0.3) is 0 Å². The maximum absolute atomic E-state index is 2.31. The van der Waals surface area contributed by atoms with Gasteiger partial charge < -0.3 is 0 Å². The van der Waals surface area contributed by atoms with Crippen LogP contribution in [0.3, 0.4) is 0 Å². The molecule has 0 heteroatoms. The van der Waals surface area contributed by atoms with Crippen LogP contribution < -0.4 is 0 Å². The maximum atomic E-state index is 2.31. The van der Waals surface area contributed by atoms with E-state index < -0.39 is 0 Å². The van der Waals surface area contributed by atoms with Crippen molar-refractivity contribution in [1.82, 2.24) is 0 Å². The van der Waals surface area contributed by atoms with Crippen molar-refractivity contribution in [3.8, 4) is 0 Å². The Morgan fingerprint density at radius 1 is 1.25 bits per heavy atom. The van der Waals surface area contributed by atoms with Gasteiger partial charge in [-0.25, -0.2) is 0 Å². The van der Waals surface area contributed by atoms with E-state index in [1.165, 1.54) is 18.4 Å². The van der Waals surface area contributed by atoms with Crippen molar-refractivity contribution in [2.75, 3.05) is 0 Å². The third-order valence-corrected chi connectivity index (χ3v) is 1.96. The lowest BCUT2D eigenvalue weighted by Gasteiger charge is -2.18. The van der Waals surface area contributed by atoms with E-state index >= 15 is 0 Å². The van der Waals surface area contributed by atoms with Gasteiger partial charge >= 0.3 is 0 Å². The highest BCUT2D eigenvalue weighted by Crippen LogP contribution is 2.24. The molecule has 0 aromatic rings. The summed E-state index contributed by atoms with van der Waals surface area (Å²) >= 11 is 0. The summed E-state index contributed by atoms with van der Waals surface area (Å²) in [6.45, 7) is 11.0. The summed E-state index contributed by atoms with van der Waals surface area (Å²) < 4.78 is 0. The lowest BCUT2D eigenvalue weighted by Crippen LogP contribution is -2.05. The standard InChI is InChI=1S/C12H22/c1-6-9-12(4,5)10-7-8-11(2)3/h6,8-9H,7,10H2,1-5H3/b9-6-. The maximum Gasteiger partial charge on any atom is -0.0172 e. The molecule has 0 nitrogen and oxygen atoms in total. The molecule has 0 heterocycles. The Balaban J connectivity index is 3.84. The first-order valence-electron chi connectivity index (χ1n) is 4.75. The average molecular weight is 166 g/mol. The average Bonchev–Trinajstić information content (AvgIpc) is 1.85. The molecule has 0 unspecified atom stereocenters. The van der Waals surface area contributed by atoms with Crippen molar-refractivity contribution in [3.05, 3.63) is 23.8 Å². The summed E-state index contributed by atoms with van der Waals surface area (Å²) in [5.41, 5.74) is 1.78. The first-order valence-corrected chi connectivity index (χ1v) is 4.75. The fourth-order valence-electron chi connectivity index (χ4n) is 1.27. The van der Waals surface area contributed by atoms with Crippen LogP contribution in [0.15, 0.2) is 23.8 Å². The summed E-state index contributed by atoms with van der Waals surface area (Å²) in [4.78, 5) is 0. The minimum absolute atomic E-state index is 0.362. The molecule has 0 fully saturated rings. The van der Waals surface area contributed by atoms with E-state index in [-0.39, 0.29) is 0 Å².